The second-order valence-corrected chi connectivity index (χ2v) is 5.65. The van der Waals surface area contributed by atoms with E-state index in [-0.39, 0.29) is 6.10 Å². The van der Waals surface area contributed by atoms with Crippen molar-refractivity contribution in [3.05, 3.63) is 34.3 Å². The summed E-state index contributed by atoms with van der Waals surface area (Å²) in [5, 5.41) is 3.27. The smallest absolute Gasteiger partial charge is 0.218 e. The molecule has 4 nitrogen and oxygen atoms in total. The van der Waals surface area contributed by atoms with E-state index in [0.717, 1.165) is 12.4 Å². The van der Waals surface area contributed by atoms with Gasteiger partial charge < -0.3 is 10.1 Å². The monoisotopic (exact) mass is 263 g/mol. The maximum Gasteiger partial charge on any atom is 0.218 e. The van der Waals surface area contributed by atoms with Crippen molar-refractivity contribution in [1.82, 2.24) is 9.97 Å². The summed E-state index contributed by atoms with van der Waals surface area (Å²) in [6, 6.07) is 6.06. The van der Waals surface area contributed by atoms with Gasteiger partial charge in [0.25, 0.3) is 0 Å². The van der Waals surface area contributed by atoms with Crippen LogP contribution in [-0.4, -0.2) is 16.1 Å². The van der Waals surface area contributed by atoms with E-state index in [1.807, 2.05) is 19.9 Å². The van der Waals surface area contributed by atoms with Crippen LogP contribution in [0.15, 0.2) is 24.5 Å². The Morgan fingerprint density at radius 2 is 2.17 bits per heavy atom. The Balaban J connectivity index is 1.96. The zero-order valence-corrected chi connectivity index (χ0v) is 11.6. The van der Waals surface area contributed by atoms with E-state index in [9.17, 15) is 0 Å². The molecule has 0 radical (unpaired) electrons. The van der Waals surface area contributed by atoms with Crippen molar-refractivity contribution in [2.24, 2.45) is 0 Å². The van der Waals surface area contributed by atoms with Crippen LogP contribution in [0.4, 0.5) is 5.82 Å². The fourth-order valence-electron chi connectivity index (χ4n) is 1.50. The minimum Gasteiger partial charge on any atom is -0.475 e. The molecule has 0 unspecified atom stereocenters. The zero-order valence-electron chi connectivity index (χ0n) is 10.8. The average Bonchev–Trinajstić information content (AvgIpc) is 2.72. The van der Waals surface area contributed by atoms with Crippen LogP contribution in [0.25, 0.3) is 0 Å². The molecule has 0 aromatic carbocycles. The molecule has 1 N–H and O–H groups in total. The summed E-state index contributed by atoms with van der Waals surface area (Å²) < 4.78 is 5.52. The van der Waals surface area contributed by atoms with Crippen LogP contribution in [0.5, 0.6) is 5.88 Å². The van der Waals surface area contributed by atoms with Crippen molar-refractivity contribution in [2.45, 2.75) is 33.4 Å². The van der Waals surface area contributed by atoms with Gasteiger partial charge in [-0.15, -0.1) is 11.3 Å². The van der Waals surface area contributed by atoms with E-state index in [1.165, 1.54) is 16.1 Å². The van der Waals surface area contributed by atoms with E-state index in [2.05, 4.69) is 34.3 Å². The number of nitrogens with zero attached hydrogens (tertiary/aromatic N) is 2. The number of hydrogen-bond donors (Lipinski definition) is 1. The number of aryl methyl sites for hydroxylation is 1. The fourth-order valence-corrected chi connectivity index (χ4v) is 2.33. The molecule has 5 heteroatoms. The highest BCUT2D eigenvalue weighted by Crippen LogP contribution is 2.17. The number of hydrogen-bond acceptors (Lipinski definition) is 5. The van der Waals surface area contributed by atoms with Gasteiger partial charge in [0.1, 0.15) is 12.1 Å². The van der Waals surface area contributed by atoms with E-state index >= 15 is 0 Å². The number of thiophene rings is 1. The number of ether oxygens (including phenoxy) is 1. The lowest BCUT2D eigenvalue weighted by atomic mass is 10.4. The van der Waals surface area contributed by atoms with E-state index in [1.54, 1.807) is 11.3 Å². The predicted octanol–water partition coefficient (Wildman–Crippen LogP) is 3.25. The van der Waals surface area contributed by atoms with Crippen LogP contribution in [0.3, 0.4) is 0 Å². The second-order valence-electron chi connectivity index (χ2n) is 4.27. The number of aromatic nitrogens is 2. The van der Waals surface area contributed by atoms with E-state index < -0.39 is 0 Å². The first-order valence-corrected chi connectivity index (χ1v) is 6.73. The second kappa shape index (κ2) is 5.82. The molecule has 2 aromatic heterocycles. The third kappa shape index (κ3) is 3.70. The van der Waals surface area contributed by atoms with Crippen LogP contribution < -0.4 is 10.1 Å². The summed E-state index contributed by atoms with van der Waals surface area (Å²) >= 11 is 1.78. The minimum atomic E-state index is 0.118. The molecular weight excluding hydrogens is 246 g/mol. The van der Waals surface area contributed by atoms with Gasteiger partial charge in [0.05, 0.1) is 12.6 Å². The largest absolute Gasteiger partial charge is 0.475 e. The Bertz CT molecular complexity index is 510. The van der Waals surface area contributed by atoms with Gasteiger partial charge in [-0.3, -0.25) is 0 Å². The van der Waals surface area contributed by atoms with Crippen LogP contribution in [0.1, 0.15) is 23.6 Å². The van der Waals surface area contributed by atoms with Gasteiger partial charge in [0.15, 0.2) is 0 Å². The van der Waals surface area contributed by atoms with Gasteiger partial charge in [-0.05, 0) is 32.9 Å². The summed E-state index contributed by atoms with van der Waals surface area (Å²) in [5.74, 6) is 1.39. The standard InChI is InChI=1S/C13H17N3OS/c1-9(2)17-13-6-12(15-8-16-13)14-7-11-5-4-10(3)18-11/h4-6,8-9H,7H2,1-3H3,(H,14,15,16). The third-order valence-corrected chi connectivity index (χ3v) is 3.24. The van der Waals surface area contributed by atoms with Crippen LogP contribution in [-0.2, 0) is 6.54 Å². The molecule has 2 heterocycles. The molecule has 2 aromatic rings. The molecule has 0 saturated heterocycles. The summed E-state index contributed by atoms with van der Waals surface area (Å²) in [4.78, 5) is 10.8. The SMILES string of the molecule is Cc1ccc(CNc2cc(OC(C)C)ncn2)s1. The zero-order chi connectivity index (χ0) is 13.0. The van der Waals surface area contributed by atoms with E-state index in [0.29, 0.717) is 5.88 Å². The first kappa shape index (κ1) is 12.8. The molecule has 96 valence electrons. The van der Waals surface area contributed by atoms with Crippen molar-refractivity contribution < 1.29 is 4.74 Å². The van der Waals surface area contributed by atoms with Gasteiger partial charge in [0, 0.05) is 15.8 Å². The Kier molecular flexibility index (Phi) is 4.15. The average molecular weight is 263 g/mol. The summed E-state index contributed by atoms with van der Waals surface area (Å²) in [7, 11) is 0. The summed E-state index contributed by atoms with van der Waals surface area (Å²) in [5.41, 5.74) is 0. The third-order valence-electron chi connectivity index (χ3n) is 2.24. The van der Waals surface area contributed by atoms with Gasteiger partial charge in [-0.2, -0.15) is 0 Å². The van der Waals surface area contributed by atoms with Crippen molar-refractivity contribution in [3.8, 4) is 5.88 Å². The quantitative estimate of drug-likeness (QED) is 0.899. The molecule has 2 rings (SSSR count). The molecule has 0 atom stereocenters. The Hall–Kier alpha value is -1.62. The van der Waals surface area contributed by atoms with Gasteiger partial charge in [0.2, 0.25) is 5.88 Å². The number of nitrogens with one attached hydrogen (secondary N) is 1. The molecular formula is C13H17N3OS. The first-order chi connectivity index (χ1) is 8.63. The Morgan fingerprint density at radius 1 is 1.33 bits per heavy atom. The van der Waals surface area contributed by atoms with Crippen molar-refractivity contribution >= 4 is 17.2 Å². The van der Waals surface area contributed by atoms with Crippen molar-refractivity contribution in [1.29, 1.82) is 0 Å². The molecule has 0 amide bonds. The van der Waals surface area contributed by atoms with Crippen LogP contribution in [0.2, 0.25) is 0 Å². The van der Waals surface area contributed by atoms with Gasteiger partial charge in [-0.1, -0.05) is 0 Å². The number of anilines is 1. The lowest BCUT2D eigenvalue weighted by Gasteiger charge is -2.09. The predicted molar refractivity (Wildman–Crippen MR) is 74.2 cm³/mol. The maximum atomic E-state index is 5.52. The van der Waals surface area contributed by atoms with Crippen molar-refractivity contribution in [3.63, 3.8) is 0 Å². The molecule has 0 aliphatic rings. The summed E-state index contributed by atoms with van der Waals surface area (Å²) in [6.45, 7) is 6.83. The summed E-state index contributed by atoms with van der Waals surface area (Å²) in [6.07, 6.45) is 1.63. The van der Waals surface area contributed by atoms with Gasteiger partial charge >= 0.3 is 0 Å². The lowest BCUT2D eigenvalue weighted by molar-refractivity contribution is 0.232. The number of rotatable bonds is 5. The molecule has 0 aliphatic carbocycles. The lowest BCUT2D eigenvalue weighted by Crippen LogP contribution is -2.08. The Labute approximate surface area is 111 Å². The van der Waals surface area contributed by atoms with Crippen LogP contribution in [0, 0.1) is 6.92 Å². The molecule has 0 fully saturated rings. The molecule has 0 bridgehead atoms. The van der Waals surface area contributed by atoms with Gasteiger partial charge in [-0.25, -0.2) is 9.97 Å². The minimum absolute atomic E-state index is 0.118. The van der Waals surface area contributed by atoms with Crippen LogP contribution >= 0.6 is 11.3 Å². The molecule has 18 heavy (non-hydrogen) atoms. The molecule has 0 aliphatic heterocycles. The highest BCUT2D eigenvalue weighted by atomic mass is 32.1. The Morgan fingerprint density at radius 3 is 2.83 bits per heavy atom. The maximum absolute atomic E-state index is 5.52. The first-order valence-electron chi connectivity index (χ1n) is 5.91. The van der Waals surface area contributed by atoms with E-state index in [4.69, 9.17) is 4.74 Å². The normalized spacial score (nSPS) is 10.7. The highest BCUT2D eigenvalue weighted by molar-refractivity contribution is 7.11. The topological polar surface area (TPSA) is 47.0 Å². The highest BCUT2D eigenvalue weighted by Gasteiger charge is 2.02. The fraction of sp³-hybridized carbons (Fsp3) is 0.385. The van der Waals surface area contributed by atoms with Crippen molar-refractivity contribution in [2.75, 3.05) is 5.32 Å². The molecule has 0 spiro atoms. The molecule has 0 saturated carbocycles.